The molecule has 2 N–H and O–H groups in total. The van der Waals surface area contributed by atoms with E-state index in [0.717, 1.165) is 19.4 Å². The number of carbonyl (C=O) groups excluding carboxylic acids is 2. The molecule has 0 saturated carbocycles. The van der Waals surface area contributed by atoms with Crippen molar-refractivity contribution in [1.82, 2.24) is 15.5 Å². The number of amides is 2. The predicted molar refractivity (Wildman–Crippen MR) is 84.2 cm³/mol. The summed E-state index contributed by atoms with van der Waals surface area (Å²) in [6.07, 6.45) is 1.85. The molecule has 6 heteroatoms. The summed E-state index contributed by atoms with van der Waals surface area (Å²) >= 11 is 1.76. The summed E-state index contributed by atoms with van der Waals surface area (Å²) in [5.41, 5.74) is 1.26. The second kappa shape index (κ2) is 7.56. The minimum absolute atomic E-state index is 0.0524. The molecule has 1 atom stereocenters. The van der Waals surface area contributed by atoms with E-state index >= 15 is 0 Å². The van der Waals surface area contributed by atoms with Crippen molar-refractivity contribution in [2.75, 3.05) is 19.6 Å². The number of carbonyl (C=O) groups is 2. The molecule has 0 bridgehead atoms. The SMILES string of the molecule is CCCNC(=O)C(C)NCC(=O)N1CCc2sccc2C1. The van der Waals surface area contributed by atoms with Crippen molar-refractivity contribution in [3.8, 4) is 0 Å². The highest BCUT2D eigenvalue weighted by Gasteiger charge is 2.22. The second-order valence-corrected chi connectivity index (χ2v) is 6.33. The van der Waals surface area contributed by atoms with Crippen molar-refractivity contribution in [3.63, 3.8) is 0 Å². The summed E-state index contributed by atoms with van der Waals surface area (Å²) in [4.78, 5) is 27.2. The van der Waals surface area contributed by atoms with E-state index in [0.29, 0.717) is 13.1 Å². The van der Waals surface area contributed by atoms with E-state index in [-0.39, 0.29) is 24.4 Å². The Morgan fingerprint density at radius 1 is 1.48 bits per heavy atom. The maximum Gasteiger partial charge on any atom is 0.236 e. The van der Waals surface area contributed by atoms with Crippen LogP contribution in [0.15, 0.2) is 11.4 Å². The molecule has 116 valence electrons. The zero-order valence-corrected chi connectivity index (χ0v) is 13.5. The van der Waals surface area contributed by atoms with Crippen LogP contribution in [-0.2, 0) is 22.6 Å². The van der Waals surface area contributed by atoms with Gasteiger partial charge in [-0.05, 0) is 36.8 Å². The van der Waals surface area contributed by atoms with Gasteiger partial charge in [0.05, 0.1) is 12.6 Å². The first-order chi connectivity index (χ1) is 10.1. The molecule has 0 aromatic carbocycles. The van der Waals surface area contributed by atoms with Gasteiger partial charge < -0.3 is 10.2 Å². The van der Waals surface area contributed by atoms with Crippen LogP contribution in [0.3, 0.4) is 0 Å². The van der Waals surface area contributed by atoms with Crippen LogP contribution in [0.25, 0.3) is 0 Å². The lowest BCUT2D eigenvalue weighted by molar-refractivity contribution is -0.131. The summed E-state index contributed by atoms with van der Waals surface area (Å²) in [6.45, 7) is 6.13. The lowest BCUT2D eigenvalue weighted by Crippen LogP contribution is -2.47. The Morgan fingerprint density at radius 3 is 3.05 bits per heavy atom. The highest BCUT2D eigenvalue weighted by atomic mass is 32.1. The van der Waals surface area contributed by atoms with E-state index in [1.54, 1.807) is 18.3 Å². The molecule has 1 aliphatic rings. The first-order valence-electron chi connectivity index (χ1n) is 7.46. The molecule has 2 heterocycles. The Kier molecular flexibility index (Phi) is 5.76. The van der Waals surface area contributed by atoms with E-state index in [2.05, 4.69) is 22.1 Å². The number of rotatable bonds is 6. The van der Waals surface area contributed by atoms with Gasteiger partial charge in [-0.25, -0.2) is 0 Å². The first kappa shape index (κ1) is 16.0. The van der Waals surface area contributed by atoms with Crippen LogP contribution >= 0.6 is 11.3 Å². The minimum Gasteiger partial charge on any atom is -0.355 e. The average molecular weight is 309 g/mol. The van der Waals surface area contributed by atoms with E-state index < -0.39 is 0 Å². The minimum atomic E-state index is -0.345. The van der Waals surface area contributed by atoms with Crippen molar-refractivity contribution >= 4 is 23.2 Å². The Bertz CT molecular complexity index is 501. The van der Waals surface area contributed by atoms with Crippen molar-refractivity contribution < 1.29 is 9.59 Å². The largest absolute Gasteiger partial charge is 0.355 e. The number of hydrogen-bond donors (Lipinski definition) is 2. The number of hydrogen-bond acceptors (Lipinski definition) is 4. The van der Waals surface area contributed by atoms with Crippen LogP contribution in [0.4, 0.5) is 0 Å². The van der Waals surface area contributed by atoms with Crippen molar-refractivity contribution in [3.05, 3.63) is 21.9 Å². The maximum atomic E-state index is 12.2. The average Bonchev–Trinajstić information content (AvgIpc) is 2.97. The van der Waals surface area contributed by atoms with Gasteiger partial charge in [0, 0.05) is 24.5 Å². The van der Waals surface area contributed by atoms with Gasteiger partial charge in [0.25, 0.3) is 0 Å². The van der Waals surface area contributed by atoms with Gasteiger partial charge >= 0.3 is 0 Å². The quantitative estimate of drug-likeness (QED) is 0.828. The van der Waals surface area contributed by atoms with E-state index in [1.807, 2.05) is 11.8 Å². The third kappa shape index (κ3) is 4.28. The smallest absolute Gasteiger partial charge is 0.236 e. The van der Waals surface area contributed by atoms with Crippen LogP contribution in [0.1, 0.15) is 30.7 Å². The lowest BCUT2D eigenvalue weighted by atomic mass is 10.1. The van der Waals surface area contributed by atoms with Crippen molar-refractivity contribution in [1.29, 1.82) is 0 Å². The van der Waals surface area contributed by atoms with E-state index in [4.69, 9.17) is 0 Å². The van der Waals surface area contributed by atoms with Crippen LogP contribution in [-0.4, -0.2) is 42.4 Å². The zero-order valence-electron chi connectivity index (χ0n) is 12.6. The van der Waals surface area contributed by atoms with Gasteiger partial charge in [0.1, 0.15) is 0 Å². The van der Waals surface area contributed by atoms with Gasteiger partial charge in [0.15, 0.2) is 0 Å². The third-order valence-electron chi connectivity index (χ3n) is 3.66. The normalized spacial score (nSPS) is 15.4. The van der Waals surface area contributed by atoms with Gasteiger partial charge in [-0.3, -0.25) is 14.9 Å². The summed E-state index contributed by atoms with van der Waals surface area (Å²) in [5, 5.41) is 7.91. The fourth-order valence-electron chi connectivity index (χ4n) is 2.31. The summed E-state index contributed by atoms with van der Waals surface area (Å²) < 4.78 is 0. The highest BCUT2D eigenvalue weighted by molar-refractivity contribution is 7.10. The molecular weight excluding hydrogens is 286 g/mol. The number of fused-ring (bicyclic) bond motifs is 1. The molecule has 0 spiro atoms. The standard InChI is InChI=1S/C15H23N3O2S/c1-3-6-16-15(20)11(2)17-9-14(19)18-7-4-13-12(10-18)5-8-21-13/h5,8,11,17H,3-4,6-7,9-10H2,1-2H3,(H,16,20). The molecule has 0 radical (unpaired) electrons. The van der Waals surface area contributed by atoms with Crippen LogP contribution < -0.4 is 10.6 Å². The monoisotopic (exact) mass is 309 g/mol. The molecule has 0 aliphatic carbocycles. The van der Waals surface area contributed by atoms with Gasteiger partial charge in [-0.2, -0.15) is 0 Å². The molecule has 0 saturated heterocycles. The Balaban J connectivity index is 1.76. The number of nitrogens with one attached hydrogen (secondary N) is 2. The van der Waals surface area contributed by atoms with Crippen molar-refractivity contribution in [2.45, 2.75) is 39.3 Å². The number of thiophene rings is 1. The van der Waals surface area contributed by atoms with E-state index in [9.17, 15) is 9.59 Å². The van der Waals surface area contributed by atoms with Crippen LogP contribution in [0.5, 0.6) is 0 Å². The molecule has 1 aromatic heterocycles. The summed E-state index contributed by atoms with van der Waals surface area (Å²) in [5.74, 6) is 0.00501. The molecule has 21 heavy (non-hydrogen) atoms. The van der Waals surface area contributed by atoms with Crippen molar-refractivity contribution in [2.24, 2.45) is 0 Å². The molecule has 1 aromatic rings. The fourth-order valence-corrected chi connectivity index (χ4v) is 3.20. The Hall–Kier alpha value is -1.40. The Morgan fingerprint density at radius 2 is 2.29 bits per heavy atom. The van der Waals surface area contributed by atoms with Crippen LogP contribution in [0, 0.1) is 0 Å². The molecule has 2 amide bonds. The van der Waals surface area contributed by atoms with Gasteiger partial charge in [-0.1, -0.05) is 6.92 Å². The zero-order chi connectivity index (χ0) is 15.2. The summed E-state index contributed by atoms with van der Waals surface area (Å²) in [7, 11) is 0. The van der Waals surface area contributed by atoms with Gasteiger partial charge in [-0.15, -0.1) is 11.3 Å². The molecule has 2 rings (SSSR count). The highest BCUT2D eigenvalue weighted by Crippen LogP contribution is 2.23. The maximum absolute atomic E-state index is 12.2. The summed E-state index contributed by atoms with van der Waals surface area (Å²) in [6, 6.07) is 1.75. The lowest BCUT2D eigenvalue weighted by Gasteiger charge is -2.27. The molecule has 1 unspecified atom stereocenters. The molecular formula is C15H23N3O2S. The topological polar surface area (TPSA) is 61.4 Å². The number of nitrogens with zero attached hydrogens (tertiary/aromatic N) is 1. The first-order valence-corrected chi connectivity index (χ1v) is 8.34. The molecule has 0 fully saturated rings. The predicted octanol–water partition coefficient (Wildman–Crippen LogP) is 1.14. The fraction of sp³-hybridized carbons (Fsp3) is 0.600. The van der Waals surface area contributed by atoms with Gasteiger partial charge in [0.2, 0.25) is 11.8 Å². The molecule has 1 aliphatic heterocycles. The third-order valence-corrected chi connectivity index (χ3v) is 4.69. The Labute approximate surface area is 129 Å². The molecule has 5 nitrogen and oxygen atoms in total. The van der Waals surface area contributed by atoms with Crippen LogP contribution in [0.2, 0.25) is 0 Å². The van der Waals surface area contributed by atoms with E-state index in [1.165, 1.54) is 10.4 Å². The second-order valence-electron chi connectivity index (χ2n) is 5.33.